The van der Waals surface area contributed by atoms with Crippen LogP contribution in [0.1, 0.15) is 17.5 Å². The van der Waals surface area contributed by atoms with E-state index in [1.807, 2.05) is 48.7 Å². The van der Waals surface area contributed by atoms with Gasteiger partial charge in [-0.05, 0) is 55.9 Å². The standard InChI is InChI=1S/C23H22N6O2S/c1-15-4-6-17(7-5-15)21-27-28-23(32)29(21)13-10-20(30)26-19-9-8-18(14-16(19)2)31-22-24-11-3-12-25-22/h3-9,11-12,14H,10,13H2,1-2H3,(H,26,30)(H,28,32). The number of aromatic nitrogens is 5. The molecule has 162 valence electrons. The normalized spacial score (nSPS) is 10.7. The number of benzene rings is 2. The molecule has 2 aromatic heterocycles. The van der Waals surface area contributed by atoms with Crippen molar-refractivity contribution in [2.45, 2.75) is 26.8 Å². The van der Waals surface area contributed by atoms with E-state index >= 15 is 0 Å². The summed E-state index contributed by atoms with van der Waals surface area (Å²) in [5.74, 6) is 1.19. The molecule has 0 spiro atoms. The van der Waals surface area contributed by atoms with Crippen molar-refractivity contribution < 1.29 is 9.53 Å². The van der Waals surface area contributed by atoms with Crippen LogP contribution in [-0.4, -0.2) is 30.6 Å². The van der Waals surface area contributed by atoms with Gasteiger partial charge in [0.05, 0.1) is 0 Å². The lowest BCUT2D eigenvalue weighted by atomic mass is 10.1. The molecule has 32 heavy (non-hydrogen) atoms. The predicted octanol–water partition coefficient (Wildman–Crippen LogP) is 4.84. The first-order chi connectivity index (χ1) is 15.5. The fraction of sp³-hybridized carbons (Fsp3) is 0.174. The predicted molar refractivity (Wildman–Crippen MR) is 124 cm³/mol. The Labute approximate surface area is 190 Å². The molecule has 8 nitrogen and oxygen atoms in total. The van der Waals surface area contributed by atoms with Gasteiger partial charge in [-0.2, -0.15) is 5.10 Å². The Hall–Kier alpha value is -3.85. The highest BCUT2D eigenvalue weighted by molar-refractivity contribution is 7.71. The van der Waals surface area contributed by atoms with E-state index in [0.717, 1.165) is 16.7 Å². The van der Waals surface area contributed by atoms with Gasteiger partial charge in [0.15, 0.2) is 10.6 Å². The highest BCUT2D eigenvalue weighted by Crippen LogP contribution is 2.24. The molecule has 2 heterocycles. The summed E-state index contributed by atoms with van der Waals surface area (Å²) in [5.41, 5.74) is 3.69. The quantitative estimate of drug-likeness (QED) is 0.395. The zero-order valence-electron chi connectivity index (χ0n) is 17.7. The molecule has 2 aromatic carbocycles. The van der Waals surface area contributed by atoms with Crippen LogP contribution in [0.5, 0.6) is 11.8 Å². The monoisotopic (exact) mass is 446 g/mol. The van der Waals surface area contributed by atoms with Gasteiger partial charge >= 0.3 is 6.01 Å². The largest absolute Gasteiger partial charge is 0.424 e. The van der Waals surface area contributed by atoms with Gasteiger partial charge in [0.2, 0.25) is 5.91 Å². The first-order valence-electron chi connectivity index (χ1n) is 10.1. The number of aryl methyl sites for hydroxylation is 2. The Morgan fingerprint density at radius 3 is 2.59 bits per heavy atom. The van der Waals surface area contributed by atoms with Gasteiger partial charge in [-0.25, -0.2) is 9.97 Å². The first-order valence-corrected chi connectivity index (χ1v) is 10.5. The smallest absolute Gasteiger partial charge is 0.321 e. The number of hydrogen-bond acceptors (Lipinski definition) is 6. The molecule has 0 radical (unpaired) electrons. The van der Waals surface area contributed by atoms with Crippen LogP contribution in [0, 0.1) is 18.6 Å². The maximum absolute atomic E-state index is 12.6. The highest BCUT2D eigenvalue weighted by atomic mass is 32.1. The van der Waals surface area contributed by atoms with Gasteiger partial charge in [-0.1, -0.05) is 29.8 Å². The van der Waals surface area contributed by atoms with Crippen LogP contribution in [0.2, 0.25) is 0 Å². The third-order valence-corrected chi connectivity index (χ3v) is 5.17. The minimum absolute atomic E-state index is 0.119. The van der Waals surface area contributed by atoms with E-state index in [9.17, 15) is 4.79 Å². The van der Waals surface area contributed by atoms with Crippen LogP contribution in [0.4, 0.5) is 5.69 Å². The fourth-order valence-electron chi connectivity index (χ4n) is 3.16. The number of amides is 1. The number of ether oxygens (including phenoxy) is 1. The topological polar surface area (TPSA) is 97.7 Å². The van der Waals surface area contributed by atoms with E-state index in [4.69, 9.17) is 17.0 Å². The number of rotatable bonds is 7. The minimum Gasteiger partial charge on any atom is -0.424 e. The van der Waals surface area contributed by atoms with E-state index in [1.165, 1.54) is 0 Å². The number of aromatic amines is 1. The summed E-state index contributed by atoms with van der Waals surface area (Å²) in [5, 5.41) is 10.1. The molecule has 0 aliphatic heterocycles. The molecular weight excluding hydrogens is 424 g/mol. The number of carbonyl (C=O) groups excluding carboxylic acids is 1. The molecular formula is C23H22N6O2S. The molecule has 2 N–H and O–H groups in total. The van der Waals surface area contributed by atoms with Crippen molar-refractivity contribution in [2.24, 2.45) is 0 Å². The van der Waals surface area contributed by atoms with Crippen LogP contribution in [0.3, 0.4) is 0 Å². The summed E-state index contributed by atoms with van der Waals surface area (Å²) >= 11 is 5.36. The van der Waals surface area contributed by atoms with Crippen molar-refractivity contribution in [3.63, 3.8) is 0 Å². The molecule has 0 aliphatic carbocycles. The second-order valence-corrected chi connectivity index (χ2v) is 7.67. The van der Waals surface area contributed by atoms with Crippen LogP contribution in [0.25, 0.3) is 11.4 Å². The summed E-state index contributed by atoms with van der Waals surface area (Å²) in [6.07, 6.45) is 3.48. The molecule has 1 amide bonds. The molecule has 0 fully saturated rings. The molecule has 0 aliphatic rings. The van der Waals surface area contributed by atoms with E-state index in [0.29, 0.717) is 28.6 Å². The van der Waals surface area contributed by atoms with Gasteiger partial charge < -0.3 is 10.1 Å². The van der Waals surface area contributed by atoms with E-state index < -0.39 is 0 Å². The summed E-state index contributed by atoms with van der Waals surface area (Å²) in [7, 11) is 0. The van der Waals surface area contributed by atoms with Crippen LogP contribution in [-0.2, 0) is 11.3 Å². The number of hydrogen-bond donors (Lipinski definition) is 2. The summed E-state index contributed by atoms with van der Waals surface area (Å²) in [6, 6.07) is 15.4. The van der Waals surface area contributed by atoms with Gasteiger partial charge in [0.25, 0.3) is 0 Å². The molecule has 0 saturated carbocycles. The average Bonchev–Trinajstić information content (AvgIpc) is 3.16. The molecule has 0 unspecified atom stereocenters. The Morgan fingerprint density at radius 1 is 1.12 bits per heavy atom. The second kappa shape index (κ2) is 9.52. The Balaban J connectivity index is 1.40. The zero-order chi connectivity index (χ0) is 22.5. The van der Waals surface area contributed by atoms with Crippen molar-refractivity contribution in [3.8, 4) is 23.1 Å². The number of nitrogens with one attached hydrogen (secondary N) is 2. The lowest BCUT2D eigenvalue weighted by Crippen LogP contribution is -2.15. The maximum Gasteiger partial charge on any atom is 0.321 e. The SMILES string of the molecule is Cc1ccc(-c2n[nH]c(=S)n2CCC(=O)Nc2ccc(Oc3ncccn3)cc2C)cc1. The van der Waals surface area contributed by atoms with Crippen molar-refractivity contribution in [1.29, 1.82) is 0 Å². The Kier molecular flexibility index (Phi) is 6.37. The van der Waals surface area contributed by atoms with Crippen LogP contribution >= 0.6 is 12.2 Å². The van der Waals surface area contributed by atoms with E-state index in [-0.39, 0.29) is 18.3 Å². The van der Waals surface area contributed by atoms with Gasteiger partial charge in [0, 0.05) is 36.6 Å². The number of anilines is 1. The Bertz CT molecular complexity index is 1280. The number of nitrogens with zero attached hydrogens (tertiary/aromatic N) is 4. The third-order valence-electron chi connectivity index (χ3n) is 4.85. The molecule has 9 heteroatoms. The van der Waals surface area contributed by atoms with Crippen LogP contribution in [0.15, 0.2) is 60.9 Å². The molecule has 0 bridgehead atoms. The lowest BCUT2D eigenvalue weighted by Gasteiger charge is -2.11. The van der Waals surface area contributed by atoms with Crippen LogP contribution < -0.4 is 10.1 Å². The minimum atomic E-state index is -0.119. The second-order valence-electron chi connectivity index (χ2n) is 7.28. The summed E-state index contributed by atoms with van der Waals surface area (Å²) in [4.78, 5) is 20.7. The lowest BCUT2D eigenvalue weighted by molar-refractivity contribution is -0.116. The maximum atomic E-state index is 12.6. The van der Waals surface area contributed by atoms with E-state index in [1.54, 1.807) is 30.6 Å². The summed E-state index contributed by atoms with van der Waals surface area (Å²) < 4.78 is 7.95. The van der Waals surface area contributed by atoms with E-state index in [2.05, 4.69) is 25.5 Å². The van der Waals surface area contributed by atoms with Crippen molar-refractivity contribution in [3.05, 3.63) is 76.8 Å². The average molecular weight is 447 g/mol. The third kappa shape index (κ3) is 5.06. The zero-order valence-corrected chi connectivity index (χ0v) is 18.5. The highest BCUT2D eigenvalue weighted by Gasteiger charge is 2.12. The van der Waals surface area contributed by atoms with Gasteiger partial charge in [0.1, 0.15) is 5.75 Å². The van der Waals surface area contributed by atoms with Crippen molar-refractivity contribution in [2.75, 3.05) is 5.32 Å². The van der Waals surface area contributed by atoms with Crippen molar-refractivity contribution in [1.82, 2.24) is 24.7 Å². The molecule has 0 saturated heterocycles. The number of carbonyl (C=O) groups is 1. The van der Waals surface area contributed by atoms with Gasteiger partial charge in [-0.15, -0.1) is 0 Å². The molecule has 4 rings (SSSR count). The molecule has 0 atom stereocenters. The fourth-order valence-corrected chi connectivity index (χ4v) is 3.38. The number of H-pyrrole nitrogens is 1. The summed E-state index contributed by atoms with van der Waals surface area (Å²) in [6.45, 7) is 4.34. The molecule has 4 aromatic rings. The first kappa shape index (κ1) is 21.4. The van der Waals surface area contributed by atoms with Crippen molar-refractivity contribution >= 4 is 23.8 Å². The Morgan fingerprint density at radius 2 is 1.88 bits per heavy atom. The van der Waals surface area contributed by atoms with Gasteiger partial charge in [-0.3, -0.25) is 14.5 Å².